The fourth-order valence-electron chi connectivity index (χ4n) is 7.11. The summed E-state index contributed by atoms with van der Waals surface area (Å²) >= 11 is 0. The van der Waals surface area contributed by atoms with Crippen LogP contribution in [0.1, 0.15) is 72.6 Å². The molecule has 1 spiro atoms. The van der Waals surface area contributed by atoms with Crippen LogP contribution in [0.5, 0.6) is 0 Å². The minimum atomic E-state index is 0.717. The van der Waals surface area contributed by atoms with Crippen molar-refractivity contribution in [3.8, 4) is 0 Å². The Morgan fingerprint density at radius 2 is 1.52 bits per heavy atom. The van der Waals surface area contributed by atoms with Gasteiger partial charge in [0.25, 0.3) is 0 Å². The first-order valence-corrected chi connectivity index (χ1v) is 11.9. The third-order valence-corrected chi connectivity index (χ3v) is 8.47. The summed E-state index contributed by atoms with van der Waals surface area (Å²) < 4.78 is 0. The van der Waals surface area contributed by atoms with E-state index in [1.54, 1.807) is 0 Å². The molecule has 0 aromatic carbocycles. The lowest BCUT2D eigenvalue weighted by Crippen LogP contribution is -2.58. The SMILES string of the molecule is CC(C)CC1(CN2CCC3(CC2)CC(CN2[C@H](C)CN(C)C[C@@H]2C)C3)CC1. The van der Waals surface area contributed by atoms with E-state index in [0.29, 0.717) is 5.41 Å². The fraction of sp³-hybridized carbons (Fsp3) is 1.00. The standard InChI is InChI=1S/C24H45N3/c1-19(2)12-24(6-7-24)18-26-10-8-23(9-11-26)13-22(14-23)17-27-20(3)15-25(5)16-21(27)4/h19-22H,6-18H2,1-5H3/t20-,21+. The zero-order chi connectivity index (χ0) is 19.2. The van der Waals surface area contributed by atoms with Crippen LogP contribution in [0.3, 0.4) is 0 Å². The average molecular weight is 376 g/mol. The van der Waals surface area contributed by atoms with Crippen molar-refractivity contribution in [3.63, 3.8) is 0 Å². The normalized spacial score (nSPS) is 34.9. The molecule has 0 radical (unpaired) electrons. The topological polar surface area (TPSA) is 9.72 Å². The van der Waals surface area contributed by atoms with Crippen LogP contribution in [0.25, 0.3) is 0 Å². The van der Waals surface area contributed by atoms with E-state index in [-0.39, 0.29) is 0 Å². The van der Waals surface area contributed by atoms with Gasteiger partial charge in [0.05, 0.1) is 0 Å². The van der Waals surface area contributed by atoms with Gasteiger partial charge >= 0.3 is 0 Å². The van der Waals surface area contributed by atoms with E-state index >= 15 is 0 Å². The summed E-state index contributed by atoms with van der Waals surface area (Å²) in [5, 5.41) is 0. The van der Waals surface area contributed by atoms with Gasteiger partial charge in [0, 0.05) is 38.3 Å². The molecule has 2 aliphatic heterocycles. The molecule has 0 aromatic heterocycles. The molecule has 4 fully saturated rings. The van der Waals surface area contributed by atoms with Crippen molar-refractivity contribution in [1.29, 1.82) is 0 Å². The van der Waals surface area contributed by atoms with Gasteiger partial charge in [0.15, 0.2) is 0 Å². The lowest BCUT2D eigenvalue weighted by atomic mass is 9.57. The number of piperazine rings is 1. The van der Waals surface area contributed by atoms with Crippen LogP contribution in [0, 0.1) is 22.7 Å². The predicted molar refractivity (Wildman–Crippen MR) is 115 cm³/mol. The molecule has 2 atom stereocenters. The molecule has 3 nitrogen and oxygen atoms in total. The van der Waals surface area contributed by atoms with Crippen LogP contribution in [0.2, 0.25) is 0 Å². The van der Waals surface area contributed by atoms with Crippen LogP contribution < -0.4 is 0 Å². The number of likely N-dealkylation sites (N-methyl/N-ethyl adjacent to an activating group) is 1. The molecule has 0 amide bonds. The maximum absolute atomic E-state index is 2.83. The Labute approximate surface area is 168 Å². The maximum Gasteiger partial charge on any atom is 0.0198 e. The first-order chi connectivity index (χ1) is 12.8. The van der Waals surface area contributed by atoms with E-state index in [1.165, 1.54) is 84.2 Å². The summed E-state index contributed by atoms with van der Waals surface area (Å²) in [5.74, 6) is 1.84. The molecular formula is C24H45N3. The van der Waals surface area contributed by atoms with Crippen molar-refractivity contribution in [2.24, 2.45) is 22.7 Å². The summed E-state index contributed by atoms with van der Waals surface area (Å²) in [5.41, 5.74) is 1.45. The number of likely N-dealkylation sites (tertiary alicyclic amines) is 1. The Hall–Kier alpha value is -0.120. The van der Waals surface area contributed by atoms with Gasteiger partial charge in [-0.05, 0) is 102 Å². The highest BCUT2D eigenvalue weighted by Gasteiger charge is 2.49. The largest absolute Gasteiger partial charge is 0.303 e. The van der Waals surface area contributed by atoms with Crippen molar-refractivity contribution < 1.29 is 0 Å². The van der Waals surface area contributed by atoms with Crippen molar-refractivity contribution in [2.45, 2.75) is 84.7 Å². The molecule has 156 valence electrons. The van der Waals surface area contributed by atoms with Crippen LogP contribution in [-0.4, -0.2) is 73.1 Å². The van der Waals surface area contributed by atoms with Crippen LogP contribution >= 0.6 is 0 Å². The molecule has 2 aliphatic carbocycles. The van der Waals surface area contributed by atoms with Gasteiger partial charge < -0.3 is 9.80 Å². The molecule has 0 bridgehead atoms. The second kappa shape index (κ2) is 7.61. The van der Waals surface area contributed by atoms with Gasteiger partial charge in [0.1, 0.15) is 0 Å². The first-order valence-electron chi connectivity index (χ1n) is 11.9. The number of rotatable bonds is 6. The number of nitrogens with zero attached hydrogens (tertiary/aromatic N) is 3. The van der Waals surface area contributed by atoms with Crippen molar-refractivity contribution in [2.75, 3.05) is 46.3 Å². The molecule has 0 aromatic rings. The Kier molecular flexibility index (Phi) is 5.68. The highest BCUT2D eigenvalue weighted by molar-refractivity contribution is 5.01. The second-order valence-corrected chi connectivity index (χ2v) is 11.8. The zero-order valence-electron chi connectivity index (χ0n) is 18.8. The summed E-state index contributed by atoms with van der Waals surface area (Å²) in [6, 6.07) is 1.46. The zero-order valence-corrected chi connectivity index (χ0v) is 18.8. The molecule has 0 N–H and O–H groups in total. The highest BCUT2D eigenvalue weighted by Crippen LogP contribution is 2.55. The Morgan fingerprint density at radius 3 is 2.04 bits per heavy atom. The van der Waals surface area contributed by atoms with Crippen LogP contribution in [-0.2, 0) is 0 Å². The lowest BCUT2D eigenvalue weighted by molar-refractivity contribution is -0.0497. The Morgan fingerprint density at radius 1 is 0.926 bits per heavy atom. The van der Waals surface area contributed by atoms with Gasteiger partial charge in [-0.3, -0.25) is 4.90 Å². The highest BCUT2D eigenvalue weighted by atomic mass is 15.3. The summed E-state index contributed by atoms with van der Waals surface area (Å²) in [4.78, 5) is 8.16. The molecule has 2 heterocycles. The molecule has 2 saturated heterocycles. The Bertz CT molecular complexity index is 484. The smallest absolute Gasteiger partial charge is 0.0198 e. The van der Waals surface area contributed by atoms with Gasteiger partial charge in [0.2, 0.25) is 0 Å². The van der Waals surface area contributed by atoms with Crippen molar-refractivity contribution in [1.82, 2.24) is 14.7 Å². The van der Waals surface area contributed by atoms with E-state index in [1.807, 2.05) is 0 Å². The van der Waals surface area contributed by atoms with Gasteiger partial charge in [-0.1, -0.05) is 13.8 Å². The van der Waals surface area contributed by atoms with Crippen molar-refractivity contribution in [3.05, 3.63) is 0 Å². The monoisotopic (exact) mass is 375 g/mol. The second-order valence-electron chi connectivity index (χ2n) is 11.8. The van der Waals surface area contributed by atoms with E-state index in [4.69, 9.17) is 0 Å². The minimum absolute atomic E-state index is 0.717. The van der Waals surface area contributed by atoms with E-state index in [9.17, 15) is 0 Å². The summed E-state index contributed by atoms with van der Waals surface area (Å²) in [7, 11) is 2.28. The predicted octanol–water partition coefficient (Wildman–Crippen LogP) is 4.33. The lowest BCUT2D eigenvalue weighted by Gasteiger charge is -2.55. The van der Waals surface area contributed by atoms with E-state index in [0.717, 1.165) is 29.3 Å². The van der Waals surface area contributed by atoms with Gasteiger partial charge in [-0.25, -0.2) is 0 Å². The molecule has 4 rings (SSSR count). The maximum atomic E-state index is 2.83. The third-order valence-electron chi connectivity index (χ3n) is 8.47. The van der Waals surface area contributed by atoms with Crippen molar-refractivity contribution >= 4 is 0 Å². The molecule has 2 saturated carbocycles. The average Bonchev–Trinajstić information content (AvgIpc) is 3.28. The van der Waals surface area contributed by atoms with Gasteiger partial charge in [-0.2, -0.15) is 0 Å². The van der Waals surface area contributed by atoms with Crippen LogP contribution in [0.4, 0.5) is 0 Å². The molecule has 0 unspecified atom stereocenters. The minimum Gasteiger partial charge on any atom is -0.303 e. The van der Waals surface area contributed by atoms with Gasteiger partial charge in [-0.15, -0.1) is 0 Å². The summed E-state index contributed by atoms with van der Waals surface area (Å²) in [6.07, 6.45) is 10.4. The molecular weight excluding hydrogens is 330 g/mol. The molecule has 3 heteroatoms. The van der Waals surface area contributed by atoms with Crippen LogP contribution in [0.15, 0.2) is 0 Å². The fourth-order valence-corrected chi connectivity index (χ4v) is 7.11. The number of hydrogen-bond donors (Lipinski definition) is 0. The Balaban J connectivity index is 1.20. The number of hydrogen-bond acceptors (Lipinski definition) is 3. The summed E-state index contributed by atoms with van der Waals surface area (Å²) in [6.45, 7) is 17.7. The van der Waals surface area contributed by atoms with E-state index < -0.39 is 0 Å². The quantitative estimate of drug-likeness (QED) is 0.684. The first kappa shape index (κ1) is 20.2. The number of piperidine rings is 1. The third kappa shape index (κ3) is 4.56. The molecule has 4 aliphatic rings. The molecule has 27 heavy (non-hydrogen) atoms. The van der Waals surface area contributed by atoms with E-state index in [2.05, 4.69) is 49.4 Å².